The van der Waals surface area contributed by atoms with Gasteiger partial charge >= 0.3 is 6.18 Å². The van der Waals surface area contributed by atoms with Crippen LogP contribution in [0.3, 0.4) is 0 Å². The lowest BCUT2D eigenvalue weighted by Crippen LogP contribution is -2.15. The van der Waals surface area contributed by atoms with Crippen molar-refractivity contribution in [2.45, 2.75) is 17.9 Å². The van der Waals surface area contributed by atoms with Gasteiger partial charge in [-0.15, -0.1) is 10.2 Å². The number of pyridine rings is 1. The van der Waals surface area contributed by atoms with Crippen LogP contribution in [0.15, 0.2) is 53.9 Å². The molecule has 0 aliphatic carbocycles. The highest BCUT2D eigenvalue weighted by atomic mass is 32.2. The Hall–Kier alpha value is -2.92. The van der Waals surface area contributed by atoms with Gasteiger partial charge in [-0.1, -0.05) is 11.8 Å². The first-order chi connectivity index (χ1) is 14.4. The van der Waals surface area contributed by atoms with E-state index in [9.17, 15) is 18.0 Å². The number of methoxy groups -OCH3 is 1. The Morgan fingerprint density at radius 2 is 1.83 bits per heavy atom. The first-order valence-electron chi connectivity index (χ1n) is 8.81. The predicted molar refractivity (Wildman–Crippen MR) is 106 cm³/mol. The average Bonchev–Trinajstić information content (AvgIpc) is 3.14. The van der Waals surface area contributed by atoms with Crippen molar-refractivity contribution in [3.8, 4) is 11.4 Å². The number of hydrogen-bond acceptors (Lipinski definition) is 6. The Morgan fingerprint density at radius 1 is 1.13 bits per heavy atom. The number of halogens is 3. The van der Waals surface area contributed by atoms with Crippen LogP contribution in [0.25, 0.3) is 11.4 Å². The minimum atomic E-state index is -4.42. The van der Waals surface area contributed by atoms with Crippen LogP contribution in [0.4, 0.5) is 18.9 Å². The molecule has 0 spiro atoms. The van der Waals surface area contributed by atoms with Gasteiger partial charge in [0.25, 0.3) is 0 Å². The molecule has 1 amide bonds. The normalized spacial score (nSPS) is 11.5. The van der Waals surface area contributed by atoms with E-state index < -0.39 is 11.7 Å². The van der Waals surface area contributed by atoms with Crippen molar-refractivity contribution in [1.29, 1.82) is 0 Å². The number of benzene rings is 1. The molecule has 0 saturated carbocycles. The van der Waals surface area contributed by atoms with Crippen molar-refractivity contribution in [2.75, 3.05) is 24.8 Å². The van der Waals surface area contributed by atoms with Crippen molar-refractivity contribution in [2.24, 2.45) is 0 Å². The minimum absolute atomic E-state index is 0.0164. The standard InChI is InChI=1S/C19H18F3N5O2S/c1-29-11-10-27-17(13-6-8-23-9-7-13)25-26-18(27)30-12-16(28)24-15-4-2-14(3-5-15)19(20,21)22/h2-9H,10-12H2,1H3,(H,24,28). The molecular weight excluding hydrogens is 419 g/mol. The maximum absolute atomic E-state index is 12.6. The second kappa shape index (κ2) is 9.72. The molecule has 158 valence electrons. The Morgan fingerprint density at radius 3 is 2.47 bits per heavy atom. The van der Waals surface area contributed by atoms with Crippen LogP contribution < -0.4 is 5.32 Å². The van der Waals surface area contributed by atoms with E-state index in [0.29, 0.717) is 24.1 Å². The van der Waals surface area contributed by atoms with Crippen molar-refractivity contribution in [3.05, 3.63) is 54.4 Å². The second-order valence-electron chi connectivity index (χ2n) is 6.10. The number of nitrogens with one attached hydrogen (secondary N) is 1. The molecule has 2 aromatic heterocycles. The van der Waals surface area contributed by atoms with Crippen molar-refractivity contribution < 1.29 is 22.7 Å². The van der Waals surface area contributed by atoms with Crippen molar-refractivity contribution in [3.63, 3.8) is 0 Å². The monoisotopic (exact) mass is 437 g/mol. The molecule has 0 atom stereocenters. The highest BCUT2D eigenvalue weighted by Crippen LogP contribution is 2.30. The lowest BCUT2D eigenvalue weighted by Gasteiger charge is -2.10. The zero-order valence-corrected chi connectivity index (χ0v) is 16.7. The van der Waals surface area contributed by atoms with Gasteiger partial charge in [0.1, 0.15) is 0 Å². The van der Waals surface area contributed by atoms with Crippen LogP contribution in [0.2, 0.25) is 0 Å². The van der Waals surface area contributed by atoms with Gasteiger partial charge in [-0.3, -0.25) is 14.3 Å². The summed E-state index contributed by atoms with van der Waals surface area (Å²) in [7, 11) is 1.58. The number of hydrogen-bond donors (Lipinski definition) is 1. The summed E-state index contributed by atoms with van der Waals surface area (Å²) in [5, 5.41) is 11.5. The van der Waals surface area contributed by atoms with Crippen LogP contribution in [0.5, 0.6) is 0 Å². The van der Waals surface area contributed by atoms with Gasteiger partial charge in [0, 0.05) is 30.8 Å². The fourth-order valence-corrected chi connectivity index (χ4v) is 3.33. The summed E-state index contributed by atoms with van der Waals surface area (Å²) in [6.45, 7) is 0.922. The molecule has 0 aliphatic rings. The summed E-state index contributed by atoms with van der Waals surface area (Å²) < 4.78 is 44.9. The average molecular weight is 437 g/mol. The van der Waals surface area contributed by atoms with E-state index in [1.165, 1.54) is 23.9 Å². The van der Waals surface area contributed by atoms with Gasteiger partial charge in [0.15, 0.2) is 11.0 Å². The number of anilines is 1. The van der Waals surface area contributed by atoms with E-state index in [1.807, 2.05) is 4.57 Å². The fraction of sp³-hybridized carbons (Fsp3) is 0.263. The highest BCUT2D eigenvalue weighted by Gasteiger charge is 2.30. The van der Waals surface area contributed by atoms with Crippen molar-refractivity contribution in [1.82, 2.24) is 19.7 Å². The molecule has 0 radical (unpaired) electrons. The zero-order chi connectivity index (χ0) is 21.6. The van der Waals surface area contributed by atoms with Crippen molar-refractivity contribution >= 4 is 23.4 Å². The van der Waals surface area contributed by atoms with Gasteiger partial charge in [-0.05, 0) is 36.4 Å². The molecule has 0 unspecified atom stereocenters. The number of alkyl halides is 3. The predicted octanol–water partition coefficient (Wildman–Crippen LogP) is 3.74. The topological polar surface area (TPSA) is 81.9 Å². The summed E-state index contributed by atoms with van der Waals surface area (Å²) in [6.07, 6.45) is -1.12. The molecule has 7 nitrogen and oxygen atoms in total. The minimum Gasteiger partial charge on any atom is -0.383 e. The van der Waals surface area contributed by atoms with Crippen LogP contribution in [-0.4, -0.2) is 45.1 Å². The number of thioether (sulfide) groups is 1. The van der Waals surface area contributed by atoms with E-state index in [0.717, 1.165) is 17.7 Å². The SMILES string of the molecule is COCCn1c(SCC(=O)Nc2ccc(C(F)(F)F)cc2)nnc1-c1ccncc1. The first-order valence-corrected chi connectivity index (χ1v) is 9.79. The summed E-state index contributed by atoms with van der Waals surface area (Å²) >= 11 is 1.17. The fourth-order valence-electron chi connectivity index (χ4n) is 2.56. The lowest BCUT2D eigenvalue weighted by atomic mass is 10.2. The van der Waals surface area contributed by atoms with Gasteiger partial charge in [-0.2, -0.15) is 13.2 Å². The molecule has 2 heterocycles. The Balaban J connectivity index is 1.66. The summed E-state index contributed by atoms with van der Waals surface area (Å²) in [5.41, 5.74) is 0.339. The second-order valence-corrected chi connectivity index (χ2v) is 7.04. The van der Waals surface area contributed by atoms with Crippen LogP contribution >= 0.6 is 11.8 Å². The Labute approximate surface area is 174 Å². The summed E-state index contributed by atoms with van der Waals surface area (Å²) in [6, 6.07) is 7.89. The van der Waals surface area contributed by atoms with Gasteiger partial charge in [0.2, 0.25) is 5.91 Å². The largest absolute Gasteiger partial charge is 0.416 e. The molecule has 30 heavy (non-hydrogen) atoms. The maximum atomic E-state index is 12.6. The smallest absolute Gasteiger partial charge is 0.383 e. The first kappa shape index (κ1) is 21.8. The third kappa shape index (κ3) is 5.57. The molecule has 3 aromatic rings. The zero-order valence-electron chi connectivity index (χ0n) is 15.9. The van der Waals surface area contributed by atoms with Gasteiger partial charge in [-0.25, -0.2) is 0 Å². The number of rotatable bonds is 8. The highest BCUT2D eigenvalue weighted by molar-refractivity contribution is 7.99. The quantitative estimate of drug-likeness (QED) is 0.541. The molecule has 1 aromatic carbocycles. The van der Waals surface area contributed by atoms with E-state index in [4.69, 9.17) is 4.74 Å². The number of amides is 1. The molecule has 0 aliphatic heterocycles. The molecule has 0 saturated heterocycles. The lowest BCUT2D eigenvalue weighted by molar-refractivity contribution is -0.137. The number of carbonyl (C=O) groups excluding carboxylic acids is 1. The van der Waals surface area contributed by atoms with E-state index in [1.54, 1.807) is 31.6 Å². The van der Waals surface area contributed by atoms with Gasteiger partial charge in [0.05, 0.1) is 24.5 Å². The summed E-state index contributed by atoms with van der Waals surface area (Å²) in [4.78, 5) is 16.2. The summed E-state index contributed by atoms with van der Waals surface area (Å²) in [5.74, 6) is 0.272. The van der Waals surface area contributed by atoms with E-state index in [2.05, 4.69) is 20.5 Å². The third-order valence-electron chi connectivity index (χ3n) is 4.00. The third-order valence-corrected chi connectivity index (χ3v) is 4.97. The maximum Gasteiger partial charge on any atom is 0.416 e. The number of aromatic nitrogens is 4. The molecule has 1 N–H and O–H groups in total. The number of carbonyl (C=O) groups is 1. The van der Waals surface area contributed by atoms with Crippen LogP contribution in [0, 0.1) is 0 Å². The van der Waals surface area contributed by atoms with E-state index >= 15 is 0 Å². The van der Waals surface area contributed by atoms with E-state index in [-0.39, 0.29) is 17.3 Å². The van der Waals surface area contributed by atoms with Gasteiger partial charge < -0.3 is 10.1 Å². The number of ether oxygens (including phenoxy) is 1. The number of nitrogens with zero attached hydrogens (tertiary/aromatic N) is 4. The Bertz CT molecular complexity index is 978. The molecule has 11 heteroatoms. The molecular formula is C19H18F3N5O2S. The van der Waals surface area contributed by atoms with Crippen LogP contribution in [-0.2, 0) is 22.3 Å². The van der Waals surface area contributed by atoms with Crippen LogP contribution in [0.1, 0.15) is 5.56 Å². The molecule has 0 bridgehead atoms. The molecule has 0 fully saturated rings. The Kier molecular flexibility index (Phi) is 7.06. The molecule has 3 rings (SSSR count).